The Morgan fingerprint density at radius 1 is 1.41 bits per heavy atom. The van der Waals surface area contributed by atoms with Gasteiger partial charge < -0.3 is 9.64 Å². The molecule has 0 aliphatic carbocycles. The zero-order chi connectivity index (χ0) is 16.1. The predicted molar refractivity (Wildman–Crippen MR) is 90.5 cm³/mol. The minimum absolute atomic E-state index is 0.0524. The number of amides is 1. The van der Waals surface area contributed by atoms with E-state index in [0.29, 0.717) is 12.3 Å². The Morgan fingerprint density at radius 2 is 2.09 bits per heavy atom. The van der Waals surface area contributed by atoms with Crippen molar-refractivity contribution < 1.29 is 9.53 Å². The number of aromatic nitrogens is 1. The third-order valence-electron chi connectivity index (χ3n) is 3.29. The Bertz CT molecular complexity index is 647. The maximum atomic E-state index is 12.2. The highest BCUT2D eigenvalue weighted by Crippen LogP contribution is 2.26. The minimum Gasteiger partial charge on any atom is -0.490 e. The van der Waals surface area contributed by atoms with Gasteiger partial charge in [0.1, 0.15) is 23.1 Å². The van der Waals surface area contributed by atoms with Crippen LogP contribution in [0, 0.1) is 0 Å². The Morgan fingerprint density at radius 3 is 2.68 bits per heavy atom. The van der Waals surface area contributed by atoms with Crippen LogP contribution in [0.4, 0.5) is 0 Å². The summed E-state index contributed by atoms with van der Waals surface area (Å²) in [5.41, 5.74) is 1.46. The lowest BCUT2D eigenvalue weighted by Gasteiger charge is -2.19. The lowest BCUT2D eigenvalue weighted by molar-refractivity contribution is 0.0750. The largest absolute Gasteiger partial charge is 0.490 e. The van der Waals surface area contributed by atoms with Crippen molar-refractivity contribution in [3.05, 3.63) is 48.0 Å². The molecule has 0 saturated heterocycles. The number of hydrogen-bond donors (Lipinski definition) is 0. The highest BCUT2D eigenvalue weighted by Gasteiger charge is 2.17. The van der Waals surface area contributed by atoms with Gasteiger partial charge in [-0.15, -0.1) is 11.3 Å². The average molecular weight is 316 g/mol. The summed E-state index contributed by atoms with van der Waals surface area (Å²) in [6.07, 6.45) is 1.71. The predicted octanol–water partition coefficient (Wildman–Crippen LogP) is 3.86. The molecule has 1 amide bonds. The number of thiazole rings is 1. The highest BCUT2D eigenvalue weighted by molar-refractivity contribution is 7.13. The molecule has 22 heavy (non-hydrogen) atoms. The number of rotatable bonds is 6. The third-order valence-corrected chi connectivity index (χ3v) is 4.18. The van der Waals surface area contributed by atoms with Crippen LogP contribution in [-0.2, 0) is 0 Å². The molecule has 0 bridgehead atoms. The van der Waals surface area contributed by atoms with Crippen LogP contribution in [0.1, 0.15) is 24.3 Å². The van der Waals surface area contributed by atoms with Crippen molar-refractivity contribution >= 4 is 17.2 Å². The molecule has 0 unspecified atom stereocenters. The first kappa shape index (κ1) is 16.2. The van der Waals surface area contributed by atoms with E-state index < -0.39 is 0 Å². The SMILES string of the molecule is C=CCOc1ccc(-c2nc(C(=O)N(C)C(C)C)cs2)cc1. The zero-order valence-corrected chi connectivity index (χ0v) is 13.9. The highest BCUT2D eigenvalue weighted by atomic mass is 32.1. The van der Waals surface area contributed by atoms with Gasteiger partial charge >= 0.3 is 0 Å². The Labute approximate surface area is 135 Å². The van der Waals surface area contributed by atoms with E-state index in [1.54, 1.807) is 23.4 Å². The van der Waals surface area contributed by atoms with E-state index in [-0.39, 0.29) is 11.9 Å². The molecule has 116 valence electrons. The summed E-state index contributed by atoms with van der Waals surface area (Å²) in [6.45, 7) is 8.06. The average Bonchev–Trinajstić information content (AvgIpc) is 3.01. The lowest BCUT2D eigenvalue weighted by atomic mass is 10.2. The van der Waals surface area contributed by atoms with Crippen molar-refractivity contribution in [1.82, 2.24) is 9.88 Å². The maximum absolute atomic E-state index is 12.2. The second-order valence-electron chi connectivity index (χ2n) is 5.17. The molecule has 0 atom stereocenters. The van der Waals surface area contributed by atoms with Crippen molar-refractivity contribution in [2.45, 2.75) is 19.9 Å². The molecule has 4 nitrogen and oxygen atoms in total. The summed E-state index contributed by atoms with van der Waals surface area (Å²) >= 11 is 1.47. The second kappa shape index (κ2) is 7.22. The molecule has 1 heterocycles. The smallest absolute Gasteiger partial charge is 0.273 e. The van der Waals surface area contributed by atoms with Gasteiger partial charge in [-0.1, -0.05) is 12.7 Å². The van der Waals surface area contributed by atoms with Crippen LogP contribution < -0.4 is 4.74 Å². The Hall–Kier alpha value is -2.14. The monoisotopic (exact) mass is 316 g/mol. The van der Waals surface area contributed by atoms with Gasteiger partial charge in [0.15, 0.2) is 0 Å². The fourth-order valence-electron chi connectivity index (χ4n) is 1.77. The van der Waals surface area contributed by atoms with Crippen molar-refractivity contribution in [2.24, 2.45) is 0 Å². The fourth-order valence-corrected chi connectivity index (χ4v) is 2.57. The first-order chi connectivity index (χ1) is 10.5. The number of carbonyl (C=O) groups is 1. The van der Waals surface area contributed by atoms with Crippen LogP contribution in [0.5, 0.6) is 5.75 Å². The maximum Gasteiger partial charge on any atom is 0.273 e. The minimum atomic E-state index is -0.0524. The van der Waals surface area contributed by atoms with E-state index >= 15 is 0 Å². The molecule has 1 aromatic heterocycles. The number of nitrogens with zero attached hydrogens (tertiary/aromatic N) is 2. The van der Waals surface area contributed by atoms with E-state index in [4.69, 9.17) is 4.74 Å². The first-order valence-electron chi connectivity index (χ1n) is 7.09. The Kier molecular flexibility index (Phi) is 5.33. The molecule has 0 radical (unpaired) electrons. The number of benzene rings is 1. The molecule has 0 aliphatic heterocycles. The first-order valence-corrected chi connectivity index (χ1v) is 7.97. The summed E-state index contributed by atoms with van der Waals surface area (Å²) in [4.78, 5) is 18.4. The number of ether oxygens (including phenoxy) is 1. The molecule has 0 spiro atoms. The van der Waals surface area contributed by atoms with Crippen molar-refractivity contribution in [3.8, 4) is 16.3 Å². The van der Waals surface area contributed by atoms with Crippen LogP contribution >= 0.6 is 11.3 Å². The summed E-state index contributed by atoms with van der Waals surface area (Å²) in [5, 5.41) is 2.63. The van der Waals surface area contributed by atoms with Gasteiger partial charge in [0.2, 0.25) is 0 Å². The molecule has 5 heteroatoms. The van der Waals surface area contributed by atoms with Gasteiger partial charge in [0, 0.05) is 24.0 Å². The van der Waals surface area contributed by atoms with Gasteiger partial charge in [-0.3, -0.25) is 4.79 Å². The zero-order valence-electron chi connectivity index (χ0n) is 13.1. The topological polar surface area (TPSA) is 42.4 Å². The number of hydrogen-bond acceptors (Lipinski definition) is 4. The van der Waals surface area contributed by atoms with Crippen molar-refractivity contribution in [1.29, 1.82) is 0 Å². The van der Waals surface area contributed by atoms with E-state index in [9.17, 15) is 4.79 Å². The molecule has 0 saturated carbocycles. The quantitative estimate of drug-likeness (QED) is 0.760. The third kappa shape index (κ3) is 3.74. The molecule has 0 fully saturated rings. The van der Waals surface area contributed by atoms with E-state index in [1.807, 2.05) is 38.1 Å². The summed E-state index contributed by atoms with van der Waals surface area (Å²) in [6, 6.07) is 7.82. The molecule has 2 aromatic rings. The Balaban J connectivity index is 2.14. The van der Waals surface area contributed by atoms with Crippen LogP contribution in [0.3, 0.4) is 0 Å². The van der Waals surface area contributed by atoms with Gasteiger partial charge in [-0.2, -0.15) is 0 Å². The lowest BCUT2D eigenvalue weighted by Crippen LogP contribution is -2.33. The molecule has 1 aromatic carbocycles. The second-order valence-corrected chi connectivity index (χ2v) is 6.03. The molecule has 2 rings (SSSR count). The number of carbonyl (C=O) groups excluding carboxylic acids is 1. The van der Waals surface area contributed by atoms with Crippen LogP contribution in [0.25, 0.3) is 10.6 Å². The van der Waals surface area contributed by atoms with Gasteiger partial charge in [0.25, 0.3) is 5.91 Å². The summed E-state index contributed by atoms with van der Waals surface area (Å²) < 4.78 is 5.45. The van der Waals surface area contributed by atoms with Gasteiger partial charge in [-0.25, -0.2) is 4.98 Å². The molecule has 0 N–H and O–H groups in total. The molecular weight excluding hydrogens is 296 g/mol. The summed E-state index contributed by atoms with van der Waals surface area (Å²) in [5.74, 6) is 0.736. The van der Waals surface area contributed by atoms with Crippen molar-refractivity contribution in [3.63, 3.8) is 0 Å². The van der Waals surface area contributed by atoms with Gasteiger partial charge in [0.05, 0.1) is 0 Å². The van der Waals surface area contributed by atoms with E-state index in [1.165, 1.54) is 11.3 Å². The standard InChI is InChI=1S/C17H20N2O2S/c1-5-10-21-14-8-6-13(7-9-14)16-18-15(11-22-16)17(20)19(4)12(2)3/h5-9,11-12H,1,10H2,2-4H3. The van der Waals surface area contributed by atoms with Crippen LogP contribution in [-0.4, -0.2) is 35.5 Å². The fraction of sp³-hybridized carbons (Fsp3) is 0.294. The van der Waals surface area contributed by atoms with Crippen LogP contribution in [0.2, 0.25) is 0 Å². The van der Waals surface area contributed by atoms with Gasteiger partial charge in [-0.05, 0) is 38.1 Å². The van der Waals surface area contributed by atoms with Crippen LogP contribution in [0.15, 0.2) is 42.3 Å². The van der Waals surface area contributed by atoms with E-state index in [0.717, 1.165) is 16.3 Å². The molecular formula is C17H20N2O2S. The van der Waals surface area contributed by atoms with E-state index in [2.05, 4.69) is 11.6 Å². The molecule has 0 aliphatic rings. The summed E-state index contributed by atoms with van der Waals surface area (Å²) in [7, 11) is 1.79. The van der Waals surface area contributed by atoms with Crippen molar-refractivity contribution in [2.75, 3.05) is 13.7 Å². The normalized spacial score (nSPS) is 10.5.